The van der Waals surface area contributed by atoms with E-state index in [1.54, 1.807) is 18.4 Å². The highest BCUT2D eigenvalue weighted by atomic mass is 35.5. The molecule has 1 aliphatic heterocycles. The van der Waals surface area contributed by atoms with Crippen molar-refractivity contribution < 1.29 is 9.52 Å². The van der Waals surface area contributed by atoms with Gasteiger partial charge in [0.15, 0.2) is 5.76 Å². The first kappa shape index (κ1) is 21.2. The van der Waals surface area contributed by atoms with E-state index in [1.807, 2.05) is 30.3 Å². The number of hydrogen-bond acceptors (Lipinski definition) is 7. The molecular weight excluding hydrogens is 470 g/mol. The van der Waals surface area contributed by atoms with Gasteiger partial charge in [0, 0.05) is 36.9 Å². The van der Waals surface area contributed by atoms with Crippen molar-refractivity contribution in [3.05, 3.63) is 88.5 Å². The number of furan rings is 1. The van der Waals surface area contributed by atoms with Crippen molar-refractivity contribution in [1.29, 1.82) is 0 Å². The molecule has 6 rings (SSSR count). The lowest BCUT2D eigenvalue weighted by Crippen LogP contribution is -2.47. The molecule has 0 aliphatic carbocycles. The van der Waals surface area contributed by atoms with E-state index < -0.39 is 0 Å². The number of rotatable bonds is 5. The molecule has 1 saturated heterocycles. The summed E-state index contributed by atoms with van der Waals surface area (Å²) in [6, 6.07) is 21.7. The van der Waals surface area contributed by atoms with E-state index in [0.717, 1.165) is 36.6 Å². The number of fused-ring (bicyclic) bond motifs is 1. The number of benzene rings is 2. The van der Waals surface area contributed by atoms with Crippen molar-refractivity contribution in [3.63, 3.8) is 0 Å². The molecule has 1 atom stereocenters. The third kappa shape index (κ3) is 3.73. The number of thiazole rings is 1. The normalized spacial score (nSPS) is 15.7. The maximum atomic E-state index is 11.2. The Labute approximate surface area is 205 Å². The zero-order valence-corrected chi connectivity index (χ0v) is 19.8. The predicted octanol–water partition coefficient (Wildman–Crippen LogP) is 5.32. The molecular formula is C25H22ClN5O2S. The predicted molar refractivity (Wildman–Crippen MR) is 134 cm³/mol. The minimum atomic E-state index is -0.202. The number of aromatic hydroxyl groups is 1. The average molecular weight is 492 g/mol. The Bertz CT molecular complexity index is 1410. The van der Waals surface area contributed by atoms with Crippen LogP contribution in [-0.2, 0) is 0 Å². The van der Waals surface area contributed by atoms with Gasteiger partial charge in [-0.05, 0) is 35.9 Å². The van der Waals surface area contributed by atoms with Gasteiger partial charge in [-0.2, -0.15) is 9.50 Å². The summed E-state index contributed by atoms with van der Waals surface area (Å²) < 4.78 is 6.91. The number of hydrogen-bond donors (Lipinski definition) is 1. The highest BCUT2D eigenvalue weighted by molar-refractivity contribution is 7.17. The molecule has 7 nitrogen and oxygen atoms in total. The Morgan fingerprint density at radius 3 is 2.41 bits per heavy atom. The van der Waals surface area contributed by atoms with Crippen LogP contribution < -0.4 is 4.90 Å². The minimum absolute atomic E-state index is 0.0840. The quantitative estimate of drug-likeness (QED) is 0.359. The Balaban J connectivity index is 1.36. The first-order valence-corrected chi connectivity index (χ1v) is 12.3. The van der Waals surface area contributed by atoms with Gasteiger partial charge in [-0.25, -0.2) is 0 Å². The summed E-state index contributed by atoms with van der Waals surface area (Å²) in [7, 11) is 0. The van der Waals surface area contributed by atoms with E-state index >= 15 is 0 Å². The van der Waals surface area contributed by atoms with Gasteiger partial charge < -0.3 is 14.4 Å². The molecule has 1 aliphatic rings. The summed E-state index contributed by atoms with van der Waals surface area (Å²) in [5, 5.41) is 16.4. The van der Waals surface area contributed by atoms with Gasteiger partial charge in [0.05, 0.1) is 17.2 Å². The summed E-state index contributed by atoms with van der Waals surface area (Å²) >= 11 is 8.09. The van der Waals surface area contributed by atoms with E-state index in [2.05, 4.69) is 44.1 Å². The van der Waals surface area contributed by atoms with Crippen LogP contribution in [0.15, 0.2) is 77.4 Å². The second kappa shape index (κ2) is 8.79. The molecule has 0 radical (unpaired) electrons. The van der Waals surface area contributed by atoms with Crippen LogP contribution >= 0.6 is 22.9 Å². The van der Waals surface area contributed by atoms with Gasteiger partial charge >= 0.3 is 0 Å². The molecule has 0 bridgehead atoms. The van der Waals surface area contributed by atoms with Crippen LogP contribution in [0, 0.1) is 0 Å². The van der Waals surface area contributed by atoms with E-state index in [0.29, 0.717) is 21.6 Å². The lowest BCUT2D eigenvalue weighted by atomic mass is 10.0. The highest BCUT2D eigenvalue weighted by Crippen LogP contribution is 2.42. The zero-order valence-electron chi connectivity index (χ0n) is 18.2. The van der Waals surface area contributed by atoms with E-state index in [1.165, 1.54) is 21.5 Å². The number of anilines is 1. The van der Waals surface area contributed by atoms with Gasteiger partial charge in [0.1, 0.15) is 0 Å². The van der Waals surface area contributed by atoms with Gasteiger partial charge in [-0.3, -0.25) is 4.90 Å². The van der Waals surface area contributed by atoms with Crippen LogP contribution in [0.2, 0.25) is 5.02 Å². The molecule has 1 fully saturated rings. The number of halogens is 1. The first-order chi connectivity index (χ1) is 16.7. The molecule has 1 N–H and O–H groups in total. The van der Waals surface area contributed by atoms with Crippen molar-refractivity contribution in [2.45, 2.75) is 6.04 Å². The van der Waals surface area contributed by atoms with Gasteiger partial charge in [-0.1, -0.05) is 59.3 Å². The molecule has 4 heterocycles. The molecule has 5 aromatic rings. The summed E-state index contributed by atoms with van der Waals surface area (Å²) in [4.78, 5) is 10.7. The third-order valence-corrected chi connectivity index (χ3v) is 7.61. The van der Waals surface area contributed by atoms with Crippen molar-refractivity contribution >= 4 is 33.6 Å². The summed E-state index contributed by atoms with van der Waals surface area (Å²) in [5.74, 6) is 1.10. The molecule has 0 unspecified atom stereocenters. The molecule has 0 spiro atoms. The minimum Gasteiger partial charge on any atom is -0.492 e. The topological polar surface area (TPSA) is 70.0 Å². The fraction of sp³-hybridized carbons (Fsp3) is 0.200. The Morgan fingerprint density at radius 2 is 1.71 bits per heavy atom. The van der Waals surface area contributed by atoms with Gasteiger partial charge in [0.25, 0.3) is 0 Å². The highest BCUT2D eigenvalue weighted by Gasteiger charge is 2.33. The van der Waals surface area contributed by atoms with Gasteiger partial charge in [0.2, 0.25) is 16.7 Å². The third-order valence-electron chi connectivity index (χ3n) is 6.19. The van der Waals surface area contributed by atoms with Crippen molar-refractivity contribution in [2.75, 3.05) is 31.1 Å². The van der Waals surface area contributed by atoms with Crippen LogP contribution in [0.5, 0.6) is 5.88 Å². The van der Waals surface area contributed by atoms with Crippen LogP contribution in [0.25, 0.3) is 16.5 Å². The lowest BCUT2D eigenvalue weighted by Gasteiger charge is -2.40. The monoisotopic (exact) mass is 491 g/mol. The Hall–Kier alpha value is -3.33. The fourth-order valence-corrected chi connectivity index (χ4v) is 5.86. The molecule has 172 valence electrons. The molecule has 9 heteroatoms. The second-order valence-corrected chi connectivity index (χ2v) is 9.60. The van der Waals surface area contributed by atoms with Crippen LogP contribution in [0.3, 0.4) is 0 Å². The van der Waals surface area contributed by atoms with Crippen LogP contribution in [0.4, 0.5) is 5.69 Å². The molecule has 0 amide bonds. The van der Waals surface area contributed by atoms with Crippen LogP contribution in [0.1, 0.15) is 16.5 Å². The standard InChI is InChI=1S/C25H22ClN5O2S/c26-19-10-5-4-9-18(19)21(30-14-12-29(13-15-30)17-7-2-1-3-8-17)22-24(32)31-25(34-22)27-23(28-31)20-11-6-16-33-20/h1-11,16,21,32H,12-15H2/t21-/m0/s1. The van der Waals surface area contributed by atoms with Crippen molar-refractivity contribution in [3.8, 4) is 17.5 Å². The number of para-hydroxylation sites is 1. The number of aromatic nitrogens is 3. The van der Waals surface area contributed by atoms with Crippen molar-refractivity contribution in [1.82, 2.24) is 19.5 Å². The maximum Gasteiger partial charge on any atom is 0.230 e. The second-order valence-electron chi connectivity index (χ2n) is 8.18. The molecule has 34 heavy (non-hydrogen) atoms. The van der Waals surface area contributed by atoms with E-state index in [4.69, 9.17) is 16.0 Å². The first-order valence-electron chi connectivity index (χ1n) is 11.1. The van der Waals surface area contributed by atoms with Gasteiger partial charge in [-0.15, -0.1) is 5.10 Å². The smallest absolute Gasteiger partial charge is 0.230 e. The van der Waals surface area contributed by atoms with E-state index in [9.17, 15) is 5.11 Å². The SMILES string of the molecule is Oc1c([C@H](c2ccccc2Cl)N2CCN(c3ccccc3)CC2)sc2nc(-c3ccco3)nn12. The average Bonchev–Trinajstić information content (AvgIpc) is 3.61. The van der Waals surface area contributed by atoms with E-state index in [-0.39, 0.29) is 11.9 Å². The Morgan fingerprint density at radius 1 is 0.941 bits per heavy atom. The number of nitrogens with zero attached hydrogens (tertiary/aromatic N) is 5. The fourth-order valence-electron chi connectivity index (χ4n) is 4.52. The van der Waals surface area contributed by atoms with Crippen LogP contribution in [-0.4, -0.2) is 50.8 Å². The largest absolute Gasteiger partial charge is 0.492 e. The van der Waals surface area contributed by atoms with Crippen molar-refractivity contribution in [2.24, 2.45) is 0 Å². The lowest BCUT2D eigenvalue weighted by molar-refractivity contribution is 0.211. The number of piperazine rings is 1. The molecule has 0 saturated carbocycles. The Kier molecular flexibility index (Phi) is 5.49. The summed E-state index contributed by atoms with van der Waals surface area (Å²) in [5.41, 5.74) is 2.19. The maximum absolute atomic E-state index is 11.2. The summed E-state index contributed by atoms with van der Waals surface area (Å²) in [6.45, 7) is 3.43. The molecule has 2 aromatic carbocycles. The molecule has 3 aromatic heterocycles. The zero-order chi connectivity index (χ0) is 23.1. The summed E-state index contributed by atoms with van der Waals surface area (Å²) in [6.07, 6.45) is 1.58.